The van der Waals surface area contributed by atoms with E-state index in [1.807, 2.05) is 0 Å². The number of likely N-dealkylation sites (N-methyl/N-ethyl adjacent to an activating group) is 1. The summed E-state index contributed by atoms with van der Waals surface area (Å²) in [7, 11) is 1.49. The van der Waals surface area contributed by atoms with Crippen LogP contribution in [0.4, 0.5) is 8.78 Å². The van der Waals surface area contributed by atoms with Crippen LogP contribution < -0.4 is 5.73 Å². The molecule has 1 aromatic carbocycles. The van der Waals surface area contributed by atoms with E-state index in [9.17, 15) is 18.7 Å². The van der Waals surface area contributed by atoms with Crippen LogP contribution in [0.3, 0.4) is 0 Å². The van der Waals surface area contributed by atoms with E-state index in [4.69, 9.17) is 5.73 Å². The van der Waals surface area contributed by atoms with E-state index in [0.29, 0.717) is 5.56 Å². The number of benzene rings is 1. The van der Waals surface area contributed by atoms with Crippen LogP contribution in [0.15, 0.2) is 18.2 Å². The molecule has 0 saturated carbocycles. The molecule has 0 spiro atoms. The predicted octanol–water partition coefficient (Wildman–Crippen LogP) is 0.285. The van der Waals surface area contributed by atoms with Crippen molar-refractivity contribution < 1.29 is 18.7 Å². The van der Waals surface area contributed by atoms with E-state index in [1.165, 1.54) is 18.0 Å². The molecule has 0 fully saturated rings. The predicted molar refractivity (Wildman–Crippen MR) is 62.8 cm³/mol. The Morgan fingerprint density at radius 1 is 1.50 bits per heavy atom. The van der Waals surface area contributed by atoms with Crippen LogP contribution in [0.5, 0.6) is 0 Å². The van der Waals surface area contributed by atoms with E-state index in [-0.39, 0.29) is 19.5 Å². The van der Waals surface area contributed by atoms with Gasteiger partial charge in [0.1, 0.15) is 17.7 Å². The maximum Gasteiger partial charge on any atom is 0.252 e. The third kappa shape index (κ3) is 3.75. The van der Waals surface area contributed by atoms with E-state index >= 15 is 0 Å². The highest BCUT2D eigenvalue weighted by atomic mass is 19.1. The SMILES string of the molecule is CN(CCc1ccc(F)cc1F)C(=O)C(O)CN. The summed E-state index contributed by atoms with van der Waals surface area (Å²) in [6.07, 6.45) is -1.00. The Bertz CT molecular complexity index is 427. The lowest BCUT2D eigenvalue weighted by Crippen LogP contribution is -2.41. The molecular formula is C12H16F2N2O2. The number of carbonyl (C=O) groups is 1. The Labute approximate surface area is 104 Å². The fourth-order valence-corrected chi connectivity index (χ4v) is 1.48. The fourth-order valence-electron chi connectivity index (χ4n) is 1.48. The number of aliphatic hydroxyl groups is 1. The molecule has 0 radical (unpaired) electrons. The zero-order valence-electron chi connectivity index (χ0n) is 10.1. The summed E-state index contributed by atoms with van der Waals surface area (Å²) < 4.78 is 26.0. The van der Waals surface area contributed by atoms with Crippen LogP contribution in [0, 0.1) is 11.6 Å². The molecule has 1 aromatic rings. The summed E-state index contributed by atoms with van der Waals surface area (Å²) in [5, 5.41) is 9.25. The molecule has 0 aliphatic rings. The number of nitrogens with zero attached hydrogens (tertiary/aromatic N) is 1. The van der Waals surface area contributed by atoms with Crippen molar-refractivity contribution >= 4 is 5.91 Å². The standard InChI is InChI=1S/C12H16F2N2O2/c1-16(12(18)11(17)7-15)5-4-8-2-3-9(13)6-10(8)14/h2-3,6,11,17H,4-5,7,15H2,1H3. The number of nitrogens with two attached hydrogens (primary N) is 1. The van der Waals surface area contributed by atoms with Gasteiger partial charge in [0.05, 0.1) is 0 Å². The van der Waals surface area contributed by atoms with Gasteiger partial charge in [0.2, 0.25) is 0 Å². The van der Waals surface area contributed by atoms with Crippen molar-refractivity contribution in [2.75, 3.05) is 20.1 Å². The second kappa shape index (κ2) is 6.42. The Kier molecular flexibility index (Phi) is 5.18. The lowest BCUT2D eigenvalue weighted by molar-refractivity contribution is -0.138. The summed E-state index contributed by atoms with van der Waals surface area (Å²) in [6.45, 7) is 0.0620. The van der Waals surface area contributed by atoms with Crippen molar-refractivity contribution in [2.45, 2.75) is 12.5 Å². The molecule has 0 aromatic heterocycles. The molecule has 0 bridgehead atoms. The van der Waals surface area contributed by atoms with Crippen LogP contribution in [0.25, 0.3) is 0 Å². The van der Waals surface area contributed by atoms with Crippen LogP contribution in [0.1, 0.15) is 5.56 Å². The van der Waals surface area contributed by atoms with Crippen molar-refractivity contribution in [3.8, 4) is 0 Å². The molecule has 6 heteroatoms. The molecule has 100 valence electrons. The molecule has 4 nitrogen and oxygen atoms in total. The average Bonchev–Trinajstić information content (AvgIpc) is 2.35. The van der Waals surface area contributed by atoms with Crippen LogP contribution in [-0.4, -0.2) is 42.2 Å². The topological polar surface area (TPSA) is 66.6 Å². The highest BCUT2D eigenvalue weighted by molar-refractivity contribution is 5.80. The lowest BCUT2D eigenvalue weighted by atomic mass is 10.1. The van der Waals surface area contributed by atoms with Gasteiger partial charge >= 0.3 is 0 Å². The van der Waals surface area contributed by atoms with E-state index in [2.05, 4.69) is 0 Å². The molecular weight excluding hydrogens is 242 g/mol. The van der Waals surface area contributed by atoms with Gasteiger partial charge in [-0.1, -0.05) is 6.07 Å². The highest BCUT2D eigenvalue weighted by Gasteiger charge is 2.17. The van der Waals surface area contributed by atoms with Crippen molar-refractivity contribution in [1.29, 1.82) is 0 Å². The lowest BCUT2D eigenvalue weighted by Gasteiger charge is -2.19. The monoisotopic (exact) mass is 258 g/mol. The van der Waals surface area contributed by atoms with Crippen LogP contribution in [0.2, 0.25) is 0 Å². The van der Waals surface area contributed by atoms with Crippen molar-refractivity contribution in [2.24, 2.45) is 5.73 Å². The molecule has 1 amide bonds. The van der Waals surface area contributed by atoms with Crippen molar-refractivity contribution in [3.63, 3.8) is 0 Å². The number of rotatable bonds is 5. The zero-order valence-corrected chi connectivity index (χ0v) is 10.1. The van der Waals surface area contributed by atoms with Gasteiger partial charge < -0.3 is 15.7 Å². The maximum atomic E-state index is 13.3. The van der Waals surface area contributed by atoms with E-state index in [1.54, 1.807) is 0 Å². The number of hydrogen-bond donors (Lipinski definition) is 2. The fraction of sp³-hybridized carbons (Fsp3) is 0.417. The Hall–Kier alpha value is -1.53. The highest BCUT2D eigenvalue weighted by Crippen LogP contribution is 2.10. The first kappa shape index (κ1) is 14.5. The second-order valence-corrected chi connectivity index (χ2v) is 4.00. The van der Waals surface area contributed by atoms with Gasteiger partial charge in [-0.15, -0.1) is 0 Å². The molecule has 0 aliphatic carbocycles. The first-order valence-electron chi connectivity index (χ1n) is 5.52. The molecule has 1 atom stereocenters. The summed E-state index contributed by atoms with van der Waals surface area (Å²) >= 11 is 0. The minimum atomic E-state index is -1.24. The van der Waals surface area contributed by atoms with Gasteiger partial charge in [-0.2, -0.15) is 0 Å². The second-order valence-electron chi connectivity index (χ2n) is 4.00. The average molecular weight is 258 g/mol. The first-order valence-corrected chi connectivity index (χ1v) is 5.52. The van der Waals surface area contributed by atoms with Gasteiger partial charge in [0, 0.05) is 26.2 Å². The van der Waals surface area contributed by atoms with Gasteiger partial charge in [-0.05, 0) is 18.1 Å². The van der Waals surface area contributed by atoms with Gasteiger partial charge in [-0.3, -0.25) is 4.79 Å². The van der Waals surface area contributed by atoms with Gasteiger partial charge in [0.15, 0.2) is 0 Å². The minimum absolute atomic E-state index is 0.159. The third-order valence-corrected chi connectivity index (χ3v) is 2.62. The third-order valence-electron chi connectivity index (χ3n) is 2.62. The maximum absolute atomic E-state index is 13.3. The molecule has 3 N–H and O–H groups in total. The molecule has 0 heterocycles. The smallest absolute Gasteiger partial charge is 0.252 e. The Balaban J connectivity index is 2.57. The molecule has 1 unspecified atom stereocenters. The van der Waals surface area contributed by atoms with Crippen LogP contribution in [-0.2, 0) is 11.2 Å². The molecule has 0 aliphatic heterocycles. The van der Waals surface area contributed by atoms with Gasteiger partial charge in [0.25, 0.3) is 5.91 Å². The normalized spacial score (nSPS) is 12.3. The minimum Gasteiger partial charge on any atom is -0.382 e. The first-order chi connectivity index (χ1) is 8.45. The number of halogens is 2. The number of aliphatic hydroxyl groups excluding tert-OH is 1. The quantitative estimate of drug-likeness (QED) is 0.797. The largest absolute Gasteiger partial charge is 0.382 e. The Morgan fingerprint density at radius 2 is 2.17 bits per heavy atom. The van der Waals surface area contributed by atoms with E-state index in [0.717, 1.165) is 12.1 Å². The molecule has 18 heavy (non-hydrogen) atoms. The summed E-state index contributed by atoms with van der Waals surface area (Å²) in [6, 6.07) is 3.29. The van der Waals surface area contributed by atoms with Crippen molar-refractivity contribution in [1.82, 2.24) is 4.90 Å². The number of carbonyl (C=O) groups excluding carboxylic acids is 1. The van der Waals surface area contributed by atoms with Crippen LogP contribution >= 0.6 is 0 Å². The van der Waals surface area contributed by atoms with Crippen molar-refractivity contribution in [3.05, 3.63) is 35.4 Å². The molecule has 1 rings (SSSR count). The summed E-state index contributed by atoms with van der Waals surface area (Å²) in [5.74, 6) is -1.80. The number of hydrogen-bond acceptors (Lipinski definition) is 3. The summed E-state index contributed by atoms with van der Waals surface area (Å²) in [5.41, 5.74) is 5.48. The molecule has 0 saturated heterocycles. The summed E-state index contributed by atoms with van der Waals surface area (Å²) in [4.78, 5) is 12.7. The van der Waals surface area contributed by atoms with E-state index < -0.39 is 23.6 Å². The van der Waals surface area contributed by atoms with Gasteiger partial charge in [-0.25, -0.2) is 8.78 Å². The zero-order chi connectivity index (χ0) is 13.7. The Morgan fingerprint density at radius 3 is 2.72 bits per heavy atom. The number of amides is 1.